The molecule has 30 heavy (non-hydrogen) atoms. The number of rotatable bonds is 9. The molecule has 1 aliphatic heterocycles. The first-order chi connectivity index (χ1) is 14.4. The van der Waals surface area contributed by atoms with Gasteiger partial charge in [-0.25, -0.2) is 0 Å². The summed E-state index contributed by atoms with van der Waals surface area (Å²) >= 11 is 0. The number of hydrogen-bond acceptors (Lipinski definition) is 5. The van der Waals surface area contributed by atoms with Crippen molar-refractivity contribution < 1.29 is 19.1 Å². The first-order valence-electron chi connectivity index (χ1n) is 10.2. The molecule has 6 heteroatoms. The van der Waals surface area contributed by atoms with Crippen LogP contribution in [0.2, 0.25) is 0 Å². The molecule has 2 amide bonds. The normalized spacial score (nSPS) is 14.1. The summed E-state index contributed by atoms with van der Waals surface area (Å²) < 4.78 is 11.0. The van der Waals surface area contributed by atoms with E-state index in [-0.39, 0.29) is 30.2 Å². The van der Waals surface area contributed by atoms with E-state index in [1.165, 1.54) is 4.90 Å². The Morgan fingerprint density at radius 2 is 1.63 bits per heavy atom. The van der Waals surface area contributed by atoms with Gasteiger partial charge < -0.3 is 14.8 Å². The summed E-state index contributed by atoms with van der Waals surface area (Å²) in [5.41, 5.74) is 3.16. The number of carbonyl (C=O) groups is 2. The molecule has 2 aromatic rings. The van der Waals surface area contributed by atoms with Crippen molar-refractivity contribution in [3.8, 4) is 5.75 Å². The maximum absolute atomic E-state index is 13.2. The average Bonchev–Trinajstić information content (AvgIpc) is 2.94. The maximum Gasteiger partial charge on any atom is 0.278 e. The highest BCUT2D eigenvalue weighted by atomic mass is 16.5. The van der Waals surface area contributed by atoms with Crippen LogP contribution in [-0.4, -0.2) is 42.6 Å². The summed E-state index contributed by atoms with van der Waals surface area (Å²) in [6, 6.07) is 14.9. The van der Waals surface area contributed by atoms with Crippen LogP contribution < -0.4 is 10.1 Å². The lowest BCUT2D eigenvalue weighted by Crippen LogP contribution is -2.35. The fourth-order valence-corrected chi connectivity index (χ4v) is 3.21. The summed E-state index contributed by atoms with van der Waals surface area (Å²) in [7, 11) is 0. The molecular weight excluding hydrogens is 380 g/mol. The van der Waals surface area contributed by atoms with Gasteiger partial charge in [0.25, 0.3) is 11.8 Å². The van der Waals surface area contributed by atoms with Crippen LogP contribution in [0.15, 0.2) is 54.2 Å². The molecule has 2 aromatic carbocycles. The maximum atomic E-state index is 13.2. The topological polar surface area (TPSA) is 67.9 Å². The highest BCUT2D eigenvalue weighted by molar-refractivity contribution is 6.36. The van der Waals surface area contributed by atoms with Gasteiger partial charge in [-0.3, -0.25) is 14.5 Å². The van der Waals surface area contributed by atoms with E-state index in [9.17, 15) is 9.59 Å². The Morgan fingerprint density at radius 1 is 0.967 bits per heavy atom. The van der Waals surface area contributed by atoms with Crippen LogP contribution in [0.4, 0.5) is 5.69 Å². The third kappa shape index (κ3) is 4.89. The van der Waals surface area contributed by atoms with Gasteiger partial charge in [0.15, 0.2) is 0 Å². The van der Waals surface area contributed by atoms with Gasteiger partial charge in [0.2, 0.25) is 0 Å². The predicted molar refractivity (Wildman–Crippen MR) is 117 cm³/mol. The second-order valence-electron chi connectivity index (χ2n) is 7.38. The summed E-state index contributed by atoms with van der Waals surface area (Å²) in [6.45, 7) is 8.80. The van der Waals surface area contributed by atoms with Crippen molar-refractivity contribution >= 4 is 23.1 Å². The molecule has 0 unspecified atom stereocenters. The van der Waals surface area contributed by atoms with Crippen LogP contribution >= 0.6 is 0 Å². The Hall–Kier alpha value is -3.12. The smallest absolute Gasteiger partial charge is 0.278 e. The van der Waals surface area contributed by atoms with Crippen molar-refractivity contribution in [3.63, 3.8) is 0 Å². The fraction of sp³-hybridized carbons (Fsp3) is 0.333. The summed E-state index contributed by atoms with van der Waals surface area (Å²) in [6.07, 6.45) is 0.0292. The van der Waals surface area contributed by atoms with Gasteiger partial charge >= 0.3 is 0 Å². The quantitative estimate of drug-likeness (QED) is 0.635. The number of anilines is 1. The minimum Gasteiger partial charge on any atom is -0.494 e. The molecule has 0 bridgehead atoms. The van der Waals surface area contributed by atoms with Crippen LogP contribution in [0.3, 0.4) is 0 Å². The Bertz CT molecular complexity index is 931. The molecule has 1 heterocycles. The van der Waals surface area contributed by atoms with Crippen LogP contribution in [0.25, 0.3) is 5.57 Å². The van der Waals surface area contributed by atoms with E-state index in [4.69, 9.17) is 9.47 Å². The molecule has 6 nitrogen and oxygen atoms in total. The monoisotopic (exact) mass is 408 g/mol. The number of carbonyl (C=O) groups excluding carboxylic acids is 2. The van der Waals surface area contributed by atoms with Crippen LogP contribution in [0.5, 0.6) is 5.75 Å². The van der Waals surface area contributed by atoms with Gasteiger partial charge in [-0.1, -0.05) is 29.8 Å². The van der Waals surface area contributed by atoms with Gasteiger partial charge in [0.05, 0.1) is 31.4 Å². The Kier molecular flexibility index (Phi) is 6.90. The van der Waals surface area contributed by atoms with Gasteiger partial charge in [-0.05, 0) is 57.5 Å². The Balaban J connectivity index is 1.93. The van der Waals surface area contributed by atoms with E-state index in [2.05, 4.69) is 5.32 Å². The zero-order valence-corrected chi connectivity index (χ0v) is 17.9. The van der Waals surface area contributed by atoms with Crippen molar-refractivity contribution in [1.29, 1.82) is 0 Å². The zero-order valence-electron chi connectivity index (χ0n) is 17.9. The van der Waals surface area contributed by atoms with E-state index < -0.39 is 0 Å². The molecule has 0 saturated carbocycles. The highest BCUT2D eigenvalue weighted by Crippen LogP contribution is 2.31. The molecule has 0 fully saturated rings. The highest BCUT2D eigenvalue weighted by Gasteiger charge is 2.39. The fourth-order valence-electron chi connectivity index (χ4n) is 3.21. The van der Waals surface area contributed by atoms with Crippen LogP contribution in [-0.2, 0) is 14.3 Å². The Labute approximate surface area is 177 Å². The van der Waals surface area contributed by atoms with E-state index in [1.807, 2.05) is 52.0 Å². The average molecular weight is 408 g/mol. The van der Waals surface area contributed by atoms with Crippen molar-refractivity contribution in [2.75, 3.05) is 25.1 Å². The number of nitrogens with one attached hydrogen (secondary N) is 1. The van der Waals surface area contributed by atoms with E-state index in [0.717, 1.165) is 11.3 Å². The van der Waals surface area contributed by atoms with Gasteiger partial charge in [-0.15, -0.1) is 0 Å². The molecule has 3 rings (SSSR count). The van der Waals surface area contributed by atoms with Crippen molar-refractivity contribution in [1.82, 2.24) is 4.90 Å². The van der Waals surface area contributed by atoms with Crippen molar-refractivity contribution in [2.24, 2.45) is 0 Å². The standard InChI is InChI=1S/C24H28N2O4/c1-5-29-20-12-8-18(9-13-20)21-22(25-19-10-6-17(4)7-11-19)24(28)26(23(21)27)14-15-30-16(2)3/h6-13,16,25H,5,14-15H2,1-4H3. The molecule has 0 saturated heterocycles. The first kappa shape index (κ1) is 21.6. The molecular formula is C24H28N2O4. The molecule has 1 N–H and O–H groups in total. The third-order valence-corrected chi connectivity index (χ3v) is 4.71. The molecule has 0 atom stereocenters. The van der Waals surface area contributed by atoms with E-state index in [1.54, 1.807) is 24.3 Å². The van der Waals surface area contributed by atoms with E-state index in [0.29, 0.717) is 30.1 Å². The first-order valence-corrected chi connectivity index (χ1v) is 10.2. The van der Waals surface area contributed by atoms with E-state index >= 15 is 0 Å². The molecule has 0 aliphatic carbocycles. The number of imide groups is 1. The molecule has 1 aliphatic rings. The lowest BCUT2D eigenvalue weighted by molar-refractivity contribution is -0.137. The predicted octanol–water partition coefficient (Wildman–Crippen LogP) is 4.01. The largest absolute Gasteiger partial charge is 0.494 e. The van der Waals surface area contributed by atoms with Crippen molar-refractivity contribution in [3.05, 3.63) is 65.4 Å². The number of nitrogens with zero attached hydrogens (tertiary/aromatic N) is 1. The van der Waals surface area contributed by atoms with Crippen molar-refractivity contribution in [2.45, 2.75) is 33.8 Å². The minimum absolute atomic E-state index is 0.0292. The summed E-state index contributed by atoms with van der Waals surface area (Å²) in [5.74, 6) is 0.0387. The van der Waals surface area contributed by atoms with Gasteiger partial charge in [0, 0.05) is 5.69 Å². The SMILES string of the molecule is CCOc1ccc(C2=C(Nc3ccc(C)cc3)C(=O)N(CCOC(C)C)C2=O)cc1. The molecule has 0 aromatic heterocycles. The number of aryl methyl sites for hydroxylation is 1. The number of ether oxygens (including phenoxy) is 2. The molecule has 0 radical (unpaired) electrons. The van der Waals surface area contributed by atoms with Crippen LogP contribution in [0, 0.1) is 6.92 Å². The third-order valence-electron chi connectivity index (χ3n) is 4.71. The van der Waals surface area contributed by atoms with Gasteiger partial charge in [-0.2, -0.15) is 0 Å². The number of benzene rings is 2. The number of amides is 2. The second kappa shape index (κ2) is 9.59. The molecule has 0 spiro atoms. The lowest BCUT2D eigenvalue weighted by atomic mass is 10.0. The van der Waals surface area contributed by atoms with Gasteiger partial charge in [0.1, 0.15) is 11.4 Å². The summed E-state index contributed by atoms with van der Waals surface area (Å²) in [4.78, 5) is 27.5. The Morgan fingerprint density at radius 3 is 2.23 bits per heavy atom. The lowest BCUT2D eigenvalue weighted by Gasteiger charge is -2.16. The van der Waals surface area contributed by atoms with Crippen LogP contribution in [0.1, 0.15) is 31.9 Å². The summed E-state index contributed by atoms with van der Waals surface area (Å²) in [5, 5.41) is 3.16. The minimum atomic E-state index is -0.350. The number of hydrogen-bond donors (Lipinski definition) is 1. The zero-order chi connectivity index (χ0) is 21.7. The molecule has 158 valence electrons. The second-order valence-corrected chi connectivity index (χ2v) is 7.38.